The molecule has 0 aromatic heterocycles. The number of carbonyl (C=O) groups excluding carboxylic acids is 1. The Bertz CT molecular complexity index is 247. The van der Waals surface area contributed by atoms with Crippen LogP contribution in [0.3, 0.4) is 0 Å². The van der Waals surface area contributed by atoms with Crippen molar-refractivity contribution in [3.63, 3.8) is 0 Å². The molecule has 0 aliphatic heterocycles. The van der Waals surface area contributed by atoms with Crippen molar-refractivity contribution in [3.05, 3.63) is 0 Å². The van der Waals surface area contributed by atoms with Gasteiger partial charge in [0.15, 0.2) is 0 Å². The molecule has 1 aliphatic rings. The minimum Gasteiger partial charge on any atom is -0.340 e. The largest absolute Gasteiger partial charge is 0.340 e. The molecule has 0 aromatic rings. The molecule has 1 aliphatic carbocycles. The summed E-state index contributed by atoms with van der Waals surface area (Å²) >= 11 is 0. The van der Waals surface area contributed by atoms with Gasteiger partial charge in [0.25, 0.3) is 0 Å². The van der Waals surface area contributed by atoms with Crippen molar-refractivity contribution in [1.82, 2.24) is 4.90 Å². The molecule has 0 spiro atoms. The highest BCUT2D eigenvalue weighted by molar-refractivity contribution is 5.76. The van der Waals surface area contributed by atoms with E-state index >= 15 is 0 Å². The lowest BCUT2D eigenvalue weighted by Crippen LogP contribution is -2.44. The van der Waals surface area contributed by atoms with Crippen molar-refractivity contribution in [2.24, 2.45) is 5.73 Å². The van der Waals surface area contributed by atoms with Crippen LogP contribution >= 0.6 is 0 Å². The summed E-state index contributed by atoms with van der Waals surface area (Å²) in [6.45, 7) is 5.29. The number of nitrogens with two attached hydrogens (primary N) is 1. The number of amides is 1. The summed E-state index contributed by atoms with van der Waals surface area (Å²) in [5.41, 5.74) is 5.96. The summed E-state index contributed by atoms with van der Waals surface area (Å²) in [5.74, 6) is 0.374. The van der Waals surface area contributed by atoms with E-state index in [1.807, 2.05) is 0 Å². The van der Waals surface area contributed by atoms with Gasteiger partial charge in [0.05, 0.1) is 0 Å². The van der Waals surface area contributed by atoms with Gasteiger partial charge in [0, 0.05) is 25.0 Å². The van der Waals surface area contributed by atoms with Crippen molar-refractivity contribution in [2.75, 3.05) is 6.54 Å². The van der Waals surface area contributed by atoms with Gasteiger partial charge >= 0.3 is 0 Å². The number of hydrogen-bond acceptors (Lipinski definition) is 2. The lowest BCUT2D eigenvalue weighted by molar-refractivity contribution is -0.134. The van der Waals surface area contributed by atoms with E-state index in [2.05, 4.69) is 18.7 Å². The van der Waals surface area contributed by atoms with Gasteiger partial charge in [-0.05, 0) is 38.5 Å². The second-order valence-corrected chi connectivity index (χ2v) is 5.97. The van der Waals surface area contributed by atoms with Crippen LogP contribution in [0, 0.1) is 0 Å². The molecule has 112 valence electrons. The molecule has 0 unspecified atom stereocenters. The van der Waals surface area contributed by atoms with Crippen LogP contribution in [0.1, 0.15) is 78.1 Å². The van der Waals surface area contributed by atoms with Crippen molar-refractivity contribution in [3.8, 4) is 0 Å². The quantitative estimate of drug-likeness (QED) is 0.685. The molecule has 3 nitrogen and oxygen atoms in total. The predicted molar refractivity (Wildman–Crippen MR) is 81.0 cm³/mol. The summed E-state index contributed by atoms with van der Waals surface area (Å²) in [6.07, 6.45) is 10.9. The van der Waals surface area contributed by atoms with Gasteiger partial charge in [0.1, 0.15) is 0 Å². The van der Waals surface area contributed by atoms with Crippen molar-refractivity contribution >= 4 is 5.91 Å². The Kier molecular flexibility index (Phi) is 8.11. The lowest BCUT2D eigenvalue weighted by atomic mass is 9.90. The SMILES string of the molecule is CCCCCCC(=O)N(CCC)C1CCC(N)CC1. The Hall–Kier alpha value is -0.570. The van der Waals surface area contributed by atoms with E-state index in [1.54, 1.807) is 0 Å². The summed E-state index contributed by atoms with van der Waals surface area (Å²) in [4.78, 5) is 14.5. The van der Waals surface area contributed by atoms with Crippen LogP contribution in [-0.4, -0.2) is 29.4 Å². The van der Waals surface area contributed by atoms with Crippen LogP contribution in [0.2, 0.25) is 0 Å². The van der Waals surface area contributed by atoms with Crippen molar-refractivity contribution < 1.29 is 4.79 Å². The van der Waals surface area contributed by atoms with Gasteiger partial charge in [-0.3, -0.25) is 4.79 Å². The Morgan fingerprint density at radius 2 is 1.74 bits per heavy atom. The van der Waals surface area contributed by atoms with Gasteiger partial charge in [-0.15, -0.1) is 0 Å². The normalized spacial score (nSPS) is 23.3. The standard InChI is InChI=1S/C16H32N2O/c1-3-5-6-7-8-16(19)18(13-4-2)15-11-9-14(17)10-12-15/h14-15H,3-13,17H2,1-2H3. The first kappa shape index (κ1) is 16.5. The molecule has 0 bridgehead atoms. The Labute approximate surface area is 118 Å². The number of rotatable bonds is 8. The molecule has 1 amide bonds. The second-order valence-electron chi connectivity index (χ2n) is 5.97. The fourth-order valence-corrected chi connectivity index (χ4v) is 3.01. The molecule has 0 atom stereocenters. The molecule has 0 saturated heterocycles. The molecule has 0 aromatic carbocycles. The second kappa shape index (κ2) is 9.35. The summed E-state index contributed by atoms with van der Waals surface area (Å²) in [6, 6.07) is 0.817. The van der Waals surface area contributed by atoms with Gasteiger partial charge in [-0.2, -0.15) is 0 Å². The predicted octanol–water partition coefficient (Wildman–Crippen LogP) is 3.47. The van der Waals surface area contributed by atoms with Crippen LogP contribution in [0.25, 0.3) is 0 Å². The smallest absolute Gasteiger partial charge is 0.222 e. The average molecular weight is 268 g/mol. The zero-order chi connectivity index (χ0) is 14.1. The first-order chi connectivity index (χ1) is 9.19. The third-order valence-corrected chi connectivity index (χ3v) is 4.21. The zero-order valence-corrected chi connectivity index (χ0v) is 12.9. The first-order valence-corrected chi connectivity index (χ1v) is 8.24. The van der Waals surface area contributed by atoms with E-state index in [1.165, 1.54) is 19.3 Å². The summed E-state index contributed by atoms with van der Waals surface area (Å²) < 4.78 is 0. The number of unbranched alkanes of at least 4 members (excludes halogenated alkanes) is 3. The van der Waals surface area contributed by atoms with E-state index in [4.69, 9.17) is 5.73 Å². The van der Waals surface area contributed by atoms with Crippen LogP contribution in [0.15, 0.2) is 0 Å². The molecule has 3 heteroatoms. The molecule has 1 saturated carbocycles. The minimum atomic E-state index is 0.361. The van der Waals surface area contributed by atoms with Crippen LogP contribution in [-0.2, 0) is 4.79 Å². The molecule has 2 N–H and O–H groups in total. The van der Waals surface area contributed by atoms with Crippen LogP contribution in [0.5, 0.6) is 0 Å². The van der Waals surface area contributed by atoms with E-state index in [0.29, 0.717) is 18.0 Å². The van der Waals surface area contributed by atoms with Crippen LogP contribution in [0.4, 0.5) is 0 Å². The maximum atomic E-state index is 12.4. The molecule has 19 heavy (non-hydrogen) atoms. The zero-order valence-electron chi connectivity index (χ0n) is 12.9. The van der Waals surface area contributed by atoms with E-state index in [0.717, 1.165) is 51.5 Å². The Morgan fingerprint density at radius 3 is 2.32 bits per heavy atom. The van der Waals surface area contributed by atoms with E-state index in [9.17, 15) is 4.79 Å². The maximum absolute atomic E-state index is 12.4. The third kappa shape index (κ3) is 5.94. The Morgan fingerprint density at radius 1 is 1.05 bits per heavy atom. The van der Waals surface area contributed by atoms with Crippen molar-refractivity contribution in [2.45, 2.75) is 90.1 Å². The number of carbonyl (C=O) groups is 1. The van der Waals surface area contributed by atoms with Crippen LogP contribution < -0.4 is 5.73 Å². The summed E-state index contributed by atoms with van der Waals surface area (Å²) in [5, 5.41) is 0. The molecule has 1 fully saturated rings. The summed E-state index contributed by atoms with van der Waals surface area (Å²) in [7, 11) is 0. The van der Waals surface area contributed by atoms with E-state index < -0.39 is 0 Å². The fourth-order valence-electron chi connectivity index (χ4n) is 3.01. The molecule has 0 radical (unpaired) electrons. The molecular formula is C16H32N2O. The van der Waals surface area contributed by atoms with Crippen molar-refractivity contribution in [1.29, 1.82) is 0 Å². The maximum Gasteiger partial charge on any atom is 0.222 e. The number of nitrogens with zero attached hydrogens (tertiary/aromatic N) is 1. The highest BCUT2D eigenvalue weighted by atomic mass is 16.2. The fraction of sp³-hybridized carbons (Fsp3) is 0.938. The highest BCUT2D eigenvalue weighted by Crippen LogP contribution is 2.23. The monoisotopic (exact) mass is 268 g/mol. The molecular weight excluding hydrogens is 236 g/mol. The topological polar surface area (TPSA) is 46.3 Å². The average Bonchev–Trinajstić information content (AvgIpc) is 2.42. The highest BCUT2D eigenvalue weighted by Gasteiger charge is 2.26. The molecule has 0 heterocycles. The lowest BCUT2D eigenvalue weighted by Gasteiger charge is -2.36. The van der Waals surface area contributed by atoms with Gasteiger partial charge in [-0.25, -0.2) is 0 Å². The van der Waals surface area contributed by atoms with Gasteiger partial charge in [0.2, 0.25) is 5.91 Å². The third-order valence-electron chi connectivity index (χ3n) is 4.21. The van der Waals surface area contributed by atoms with Gasteiger partial charge in [-0.1, -0.05) is 33.1 Å². The molecule has 1 rings (SSSR count). The first-order valence-electron chi connectivity index (χ1n) is 8.24. The Balaban J connectivity index is 2.39. The van der Waals surface area contributed by atoms with E-state index in [-0.39, 0.29) is 0 Å². The van der Waals surface area contributed by atoms with Gasteiger partial charge < -0.3 is 10.6 Å². The minimum absolute atomic E-state index is 0.361. The number of hydrogen-bond donors (Lipinski definition) is 1.